The van der Waals surface area contributed by atoms with Crippen molar-refractivity contribution in [1.82, 2.24) is 14.9 Å². The van der Waals surface area contributed by atoms with E-state index in [0.29, 0.717) is 12.5 Å². The molecule has 1 aromatic carbocycles. The Morgan fingerprint density at radius 1 is 1.32 bits per heavy atom. The number of rotatable bonds is 9. The van der Waals surface area contributed by atoms with E-state index in [-0.39, 0.29) is 42.7 Å². The van der Waals surface area contributed by atoms with Crippen LogP contribution in [0.2, 0.25) is 0 Å². The quantitative estimate of drug-likeness (QED) is 0.499. The second-order valence-electron chi connectivity index (χ2n) is 8.68. The fourth-order valence-corrected chi connectivity index (χ4v) is 4.27. The number of hydrogen-bond acceptors (Lipinski definition) is 4. The lowest BCUT2D eigenvalue weighted by atomic mass is 9.80. The SMILES string of the molecule is CC(=O)N[C@@H](C)CC[C@H]1CCC(Oc2nc3c(F)cc(OCC(F)F)c(F)c3n2C)CC1(F)F. The van der Waals surface area contributed by atoms with Crippen LogP contribution in [0.5, 0.6) is 11.8 Å². The minimum absolute atomic E-state index is 0.169. The maximum atomic E-state index is 14.8. The number of halogens is 6. The van der Waals surface area contributed by atoms with Gasteiger partial charge in [0.2, 0.25) is 5.91 Å². The first kappa shape index (κ1) is 26.0. The molecule has 0 aliphatic heterocycles. The number of imidazole rings is 1. The van der Waals surface area contributed by atoms with Crippen LogP contribution >= 0.6 is 0 Å². The molecule has 1 fully saturated rings. The smallest absolute Gasteiger partial charge is 0.297 e. The van der Waals surface area contributed by atoms with Gasteiger partial charge in [0.15, 0.2) is 17.4 Å². The highest BCUT2D eigenvalue weighted by atomic mass is 19.3. The molecule has 12 heteroatoms. The first-order valence-electron chi connectivity index (χ1n) is 11.0. The molecule has 1 unspecified atom stereocenters. The van der Waals surface area contributed by atoms with E-state index in [1.165, 1.54) is 14.0 Å². The minimum atomic E-state index is -3.03. The van der Waals surface area contributed by atoms with E-state index < -0.39 is 60.3 Å². The number of alkyl halides is 4. The van der Waals surface area contributed by atoms with Crippen LogP contribution in [-0.4, -0.2) is 46.6 Å². The van der Waals surface area contributed by atoms with E-state index in [0.717, 1.165) is 4.57 Å². The van der Waals surface area contributed by atoms with Crippen molar-refractivity contribution in [3.05, 3.63) is 17.7 Å². The van der Waals surface area contributed by atoms with Crippen LogP contribution in [0.4, 0.5) is 26.3 Å². The molecule has 190 valence electrons. The lowest BCUT2D eigenvalue weighted by Gasteiger charge is -2.36. The molecule has 0 bridgehead atoms. The van der Waals surface area contributed by atoms with Crippen molar-refractivity contribution in [2.75, 3.05) is 6.61 Å². The van der Waals surface area contributed by atoms with Gasteiger partial charge in [-0.05, 0) is 32.6 Å². The van der Waals surface area contributed by atoms with Gasteiger partial charge in [-0.15, -0.1) is 0 Å². The van der Waals surface area contributed by atoms with E-state index in [1.807, 2.05) is 0 Å². The Bertz CT molecular complexity index is 1030. The predicted molar refractivity (Wildman–Crippen MR) is 111 cm³/mol. The van der Waals surface area contributed by atoms with Crippen molar-refractivity contribution in [2.45, 2.75) is 70.4 Å². The minimum Gasteiger partial charge on any atom is -0.484 e. The third-order valence-corrected chi connectivity index (χ3v) is 5.93. The molecule has 1 heterocycles. The fourth-order valence-electron chi connectivity index (χ4n) is 4.27. The van der Waals surface area contributed by atoms with E-state index in [4.69, 9.17) is 4.74 Å². The number of amides is 1. The monoisotopic (exact) mass is 495 g/mol. The highest BCUT2D eigenvalue weighted by Gasteiger charge is 2.46. The highest BCUT2D eigenvalue weighted by Crippen LogP contribution is 2.42. The average Bonchev–Trinajstić information content (AvgIpc) is 3.04. The predicted octanol–water partition coefficient (Wildman–Crippen LogP) is 4.98. The zero-order chi connectivity index (χ0) is 25.2. The van der Waals surface area contributed by atoms with Crippen molar-refractivity contribution in [1.29, 1.82) is 0 Å². The van der Waals surface area contributed by atoms with Gasteiger partial charge >= 0.3 is 0 Å². The van der Waals surface area contributed by atoms with Crippen LogP contribution < -0.4 is 14.8 Å². The number of fused-ring (bicyclic) bond motifs is 1. The normalized spacial score (nSPS) is 21.0. The number of nitrogens with zero attached hydrogens (tertiary/aromatic N) is 2. The van der Waals surface area contributed by atoms with Gasteiger partial charge in [0, 0.05) is 38.4 Å². The van der Waals surface area contributed by atoms with Gasteiger partial charge in [-0.1, -0.05) is 0 Å². The van der Waals surface area contributed by atoms with Crippen molar-refractivity contribution < 1.29 is 40.6 Å². The number of aromatic nitrogens is 2. The first-order chi connectivity index (χ1) is 15.9. The van der Waals surface area contributed by atoms with Gasteiger partial charge in [-0.2, -0.15) is 4.98 Å². The Kier molecular flexibility index (Phi) is 7.87. The van der Waals surface area contributed by atoms with Gasteiger partial charge in [-0.25, -0.2) is 26.3 Å². The van der Waals surface area contributed by atoms with E-state index in [1.54, 1.807) is 6.92 Å². The highest BCUT2D eigenvalue weighted by molar-refractivity contribution is 5.80. The van der Waals surface area contributed by atoms with Crippen LogP contribution in [0.1, 0.15) is 46.0 Å². The number of hydrogen-bond donors (Lipinski definition) is 1. The third-order valence-electron chi connectivity index (χ3n) is 5.93. The molecule has 1 aliphatic carbocycles. The lowest BCUT2D eigenvalue weighted by Crippen LogP contribution is -2.41. The Hall–Kier alpha value is -2.66. The Morgan fingerprint density at radius 3 is 2.65 bits per heavy atom. The van der Waals surface area contributed by atoms with Gasteiger partial charge in [-0.3, -0.25) is 9.36 Å². The molecular formula is C22H27F6N3O3. The summed E-state index contributed by atoms with van der Waals surface area (Å²) < 4.78 is 94.8. The first-order valence-corrected chi connectivity index (χ1v) is 11.0. The molecule has 34 heavy (non-hydrogen) atoms. The van der Waals surface area contributed by atoms with Crippen LogP contribution in [0.3, 0.4) is 0 Å². The van der Waals surface area contributed by atoms with Crippen molar-refractivity contribution >= 4 is 16.9 Å². The number of carbonyl (C=O) groups is 1. The molecule has 6 nitrogen and oxygen atoms in total. The molecule has 1 saturated carbocycles. The van der Waals surface area contributed by atoms with Crippen molar-refractivity contribution in [2.24, 2.45) is 13.0 Å². The van der Waals surface area contributed by atoms with Gasteiger partial charge in [0.25, 0.3) is 18.4 Å². The number of carbonyl (C=O) groups excluding carboxylic acids is 1. The number of aryl methyl sites for hydroxylation is 1. The Labute approximate surface area is 192 Å². The van der Waals surface area contributed by atoms with Gasteiger partial charge in [0.1, 0.15) is 23.7 Å². The molecule has 0 radical (unpaired) electrons. The Balaban J connectivity index is 1.71. The summed E-state index contributed by atoms with van der Waals surface area (Å²) in [5.74, 6) is -6.97. The number of ether oxygens (including phenoxy) is 2. The van der Waals surface area contributed by atoms with E-state index >= 15 is 0 Å². The van der Waals surface area contributed by atoms with Crippen LogP contribution in [0, 0.1) is 17.6 Å². The van der Waals surface area contributed by atoms with E-state index in [9.17, 15) is 31.1 Å². The van der Waals surface area contributed by atoms with Crippen LogP contribution in [0.15, 0.2) is 6.07 Å². The summed E-state index contributed by atoms with van der Waals surface area (Å²) in [5.41, 5.74) is -0.807. The molecule has 1 N–H and O–H groups in total. The second kappa shape index (κ2) is 10.3. The molecule has 3 rings (SSSR count). The lowest BCUT2D eigenvalue weighted by molar-refractivity contribution is -0.121. The summed E-state index contributed by atoms with van der Waals surface area (Å²) in [6.45, 7) is 2.00. The zero-order valence-electron chi connectivity index (χ0n) is 19.0. The zero-order valence-corrected chi connectivity index (χ0v) is 19.0. The summed E-state index contributed by atoms with van der Waals surface area (Å²) in [4.78, 5) is 15.0. The summed E-state index contributed by atoms with van der Waals surface area (Å²) in [6.07, 6.45) is -3.32. The average molecular weight is 495 g/mol. The Morgan fingerprint density at radius 2 is 2.03 bits per heavy atom. The van der Waals surface area contributed by atoms with Crippen LogP contribution in [0.25, 0.3) is 11.0 Å². The molecule has 2 aromatic rings. The molecule has 0 saturated heterocycles. The molecule has 1 amide bonds. The largest absolute Gasteiger partial charge is 0.484 e. The second-order valence-corrected chi connectivity index (χ2v) is 8.68. The maximum absolute atomic E-state index is 14.8. The maximum Gasteiger partial charge on any atom is 0.297 e. The van der Waals surface area contributed by atoms with Crippen molar-refractivity contribution in [3.8, 4) is 11.8 Å². The number of benzene rings is 1. The fraction of sp³-hybridized carbons (Fsp3) is 0.636. The molecular weight excluding hydrogens is 468 g/mol. The molecule has 1 aromatic heterocycles. The summed E-state index contributed by atoms with van der Waals surface area (Å²) in [5, 5.41) is 2.67. The molecule has 1 aliphatic rings. The standard InChI is InChI=1S/C22H27F6N3O3/c1-11(29-12(2)32)4-5-13-6-7-14(9-22(13,27)28)34-21-30-19-15(23)8-16(33-10-17(24)25)18(26)20(19)31(21)3/h8,11,13-14,17H,4-7,9-10H2,1-3H3,(H,29,32)/t11-,13-,14?/m0/s1. The van der Waals surface area contributed by atoms with Gasteiger partial charge < -0.3 is 14.8 Å². The summed E-state index contributed by atoms with van der Waals surface area (Å²) >= 11 is 0. The van der Waals surface area contributed by atoms with Crippen LogP contribution in [-0.2, 0) is 11.8 Å². The number of nitrogens with one attached hydrogen (secondary N) is 1. The molecule has 0 spiro atoms. The van der Waals surface area contributed by atoms with Crippen molar-refractivity contribution in [3.63, 3.8) is 0 Å². The molecule has 3 atom stereocenters. The van der Waals surface area contributed by atoms with Gasteiger partial charge in [0.05, 0.1) is 0 Å². The summed E-state index contributed by atoms with van der Waals surface area (Å²) in [7, 11) is 1.30. The van der Waals surface area contributed by atoms with E-state index in [2.05, 4.69) is 15.0 Å². The topological polar surface area (TPSA) is 65.4 Å². The third kappa shape index (κ3) is 5.87. The summed E-state index contributed by atoms with van der Waals surface area (Å²) in [6, 6.07) is 0.122.